The van der Waals surface area contributed by atoms with Crippen molar-refractivity contribution in [3.63, 3.8) is 0 Å². The molecule has 0 amide bonds. The van der Waals surface area contributed by atoms with Gasteiger partial charge >= 0.3 is 17.9 Å². The Labute approximate surface area is 207 Å². The molecule has 3 N–H and O–H groups in total. The summed E-state index contributed by atoms with van der Waals surface area (Å²) in [6.07, 6.45) is 28.8. The molecule has 0 aliphatic rings. The summed E-state index contributed by atoms with van der Waals surface area (Å²) in [6, 6.07) is 0. The van der Waals surface area contributed by atoms with Gasteiger partial charge < -0.3 is 15.3 Å². The Morgan fingerprint density at radius 2 is 0.735 bits per heavy atom. The third-order valence-corrected chi connectivity index (χ3v) is 5.57. The number of allylic oxidation sites excluding steroid dienone is 3. The maximum Gasteiger partial charge on any atom is 0.328 e. The molecule has 34 heavy (non-hydrogen) atoms. The van der Waals surface area contributed by atoms with Crippen LogP contribution in [0.3, 0.4) is 0 Å². The van der Waals surface area contributed by atoms with E-state index < -0.39 is 17.9 Å². The van der Waals surface area contributed by atoms with Gasteiger partial charge in [-0.3, -0.25) is 9.59 Å². The van der Waals surface area contributed by atoms with Gasteiger partial charge in [0.1, 0.15) is 0 Å². The van der Waals surface area contributed by atoms with Gasteiger partial charge in [0.2, 0.25) is 0 Å². The highest BCUT2D eigenvalue weighted by molar-refractivity contribution is 5.80. The lowest BCUT2D eigenvalue weighted by molar-refractivity contribution is -0.138. The molecule has 0 bridgehead atoms. The van der Waals surface area contributed by atoms with Crippen LogP contribution < -0.4 is 0 Å². The second kappa shape index (κ2) is 28.9. The summed E-state index contributed by atoms with van der Waals surface area (Å²) in [5.74, 6) is -2.25. The molecule has 6 nitrogen and oxygen atoms in total. The maximum absolute atomic E-state index is 10.4. The molecule has 0 rings (SSSR count). The van der Waals surface area contributed by atoms with Crippen LogP contribution in [0.4, 0.5) is 0 Å². The summed E-state index contributed by atoms with van der Waals surface area (Å²) in [7, 11) is 0. The fourth-order valence-electron chi connectivity index (χ4n) is 3.63. The second-order valence-electron chi connectivity index (χ2n) is 8.87. The SMILES string of the molecule is C/C=C/C=C/C(=O)O.O=C(O)CCCCCCCCCCCCCCCCCCCCC(=O)O. The standard InChI is InChI=1S/C22H42O4.C6H8O2/c23-21(24)19-17-15-13-11-9-7-5-3-1-2-4-6-8-10-12-14-16-18-20-22(25)26;1-2-3-4-5-6(7)8/h1-20H2,(H,23,24)(H,25,26);2-5H,1H3,(H,7,8)/b;3-2+,5-4+. The van der Waals surface area contributed by atoms with Gasteiger partial charge in [0.25, 0.3) is 0 Å². The summed E-state index contributed by atoms with van der Waals surface area (Å²) in [6.45, 7) is 1.83. The first-order chi connectivity index (χ1) is 16.4. The van der Waals surface area contributed by atoms with Crippen LogP contribution >= 0.6 is 0 Å². The number of hydrogen-bond acceptors (Lipinski definition) is 3. The molecule has 0 saturated carbocycles. The van der Waals surface area contributed by atoms with E-state index >= 15 is 0 Å². The van der Waals surface area contributed by atoms with Crippen molar-refractivity contribution < 1.29 is 29.7 Å². The molecular formula is C28H50O6. The summed E-state index contributed by atoms with van der Waals surface area (Å²) in [5, 5.41) is 25.1. The van der Waals surface area contributed by atoms with E-state index in [0.717, 1.165) is 31.8 Å². The summed E-state index contributed by atoms with van der Waals surface area (Å²) in [5.41, 5.74) is 0. The quantitative estimate of drug-likeness (QED) is 0.0769. The van der Waals surface area contributed by atoms with Crippen molar-refractivity contribution in [2.75, 3.05) is 0 Å². The zero-order chi connectivity index (χ0) is 25.7. The van der Waals surface area contributed by atoms with Gasteiger partial charge in [-0.05, 0) is 19.8 Å². The molecule has 0 aliphatic heterocycles. The van der Waals surface area contributed by atoms with E-state index in [0.29, 0.717) is 12.8 Å². The van der Waals surface area contributed by atoms with E-state index in [1.54, 1.807) is 12.2 Å². The predicted octanol–water partition coefficient (Wildman–Crippen LogP) is 8.16. The van der Waals surface area contributed by atoms with Crippen LogP contribution in [0.5, 0.6) is 0 Å². The van der Waals surface area contributed by atoms with Crippen LogP contribution in [0.15, 0.2) is 24.3 Å². The first-order valence-electron chi connectivity index (χ1n) is 13.4. The van der Waals surface area contributed by atoms with Crippen molar-refractivity contribution in [1.82, 2.24) is 0 Å². The maximum atomic E-state index is 10.4. The van der Waals surface area contributed by atoms with Crippen LogP contribution in [-0.2, 0) is 14.4 Å². The van der Waals surface area contributed by atoms with Crippen LogP contribution in [0.2, 0.25) is 0 Å². The van der Waals surface area contributed by atoms with Gasteiger partial charge in [-0.25, -0.2) is 4.79 Å². The lowest BCUT2D eigenvalue weighted by atomic mass is 10.0. The second-order valence-corrected chi connectivity index (χ2v) is 8.87. The molecule has 0 saturated heterocycles. The Morgan fingerprint density at radius 3 is 0.941 bits per heavy atom. The molecule has 0 spiro atoms. The first kappa shape index (κ1) is 34.1. The molecule has 6 heteroatoms. The van der Waals surface area contributed by atoms with Gasteiger partial charge in [-0.2, -0.15) is 0 Å². The van der Waals surface area contributed by atoms with Gasteiger partial charge in [-0.15, -0.1) is 0 Å². The highest BCUT2D eigenvalue weighted by Crippen LogP contribution is 2.14. The minimum absolute atomic E-state index is 0.326. The molecule has 0 radical (unpaired) electrons. The van der Waals surface area contributed by atoms with Gasteiger partial charge in [0, 0.05) is 18.9 Å². The van der Waals surface area contributed by atoms with Crippen LogP contribution in [0.1, 0.15) is 135 Å². The van der Waals surface area contributed by atoms with Gasteiger partial charge in [0.15, 0.2) is 0 Å². The van der Waals surface area contributed by atoms with Crippen molar-refractivity contribution >= 4 is 17.9 Å². The van der Waals surface area contributed by atoms with Crippen molar-refractivity contribution in [3.05, 3.63) is 24.3 Å². The lowest BCUT2D eigenvalue weighted by Crippen LogP contribution is -1.93. The molecular weight excluding hydrogens is 432 g/mol. The number of carboxylic acids is 3. The summed E-state index contributed by atoms with van der Waals surface area (Å²) >= 11 is 0. The van der Waals surface area contributed by atoms with Gasteiger partial charge in [0.05, 0.1) is 0 Å². The zero-order valence-corrected chi connectivity index (χ0v) is 21.5. The van der Waals surface area contributed by atoms with Crippen molar-refractivity contribution in [2.24, 2.45) is 0 Å². The molecule has 0 heterocycles. The lowest BCUT2D eigenvalue weighted by Gasteiger charge is -2.03. The minimum atomic E-state index is -0.914. The number of carbonyl (C=O) groups is 3. The molecule has 0 aromatic heterocycles. The topological polar surface area (TPSA) is 112 Å². The van der Waals surface area contributed by atoms with E-state index in [2.05, 4.69) is 0 Å². The zero-order valence-electron chi connectivity index (χ0n) is 21.5. The Balaban J connectivity index is 0. The molecule has 0 aromatic rings. The highest BCUT2D eigenvalue weighted by Gasteiger charge is 1.98. The van der Waals surface area contributed by atoms with Crippen molar-refractivity contribution in [3.8, 4) is 0 Å². The normalized spacial score (nSPS) is 11.0. The Morgan fingerprint density at radius 1 is 0.471 bits per heavy atom. The Bertz CT molecular complexity index is 507. The fourth-order valence-corrected chi connectivity index (χ4v) is 3.63. The smallest absolute Gasteiger partial charge is 0.328 e. The predicted molar refractivity (Wildman–Crippen MR) is 139 cm³/mol. The Hall–Kier alpha value is -2.11. The molecule has 198 valence electrons. The average molecular weight is 483 g/mol. The fraction of sp³-hybridized carbons (Fsp3) is 0.750. The third kappa shape index (κ3) is 37.2. The number of aliphatic carboxylic acids is 3. The van der Waals surface area contributed by atoms with E-state index in [-0.39, 0.29) is 0 Å². The molecule has 0 unspecified atom stereocenters. The summed E-state index contributed by atoms with van der Waals surface area (Å²) < 4.78 is 0. The summed E-state index contributed by atoms with van der Waals surface area (Å²) in [4.78, 5) is 30.5. The largest absolute Gasteiger partial charge is 0.481 e. The van der Waals surface area contributed by atoms with E-state index in [1.165, 1.54) is 96.0 Å². The van der Waals surface area contributed by atoms with Crippen molar-refractivity contribution in [1.29, 1.82) is 0 Å². The van der Waals surface area contributed by atoms with Crippen molar-refractivity contribution in [2.45, 2.75) is 135 Å². The highest BCUT2D eigenvalue weighted by atomic mass is 16.4. The Kier molecular flexibility index (Phi) is 29.0. The van der Waals surface area contributed by atoms with Crippen LogP contribution in [0, 0.1) is 0 Å². The number of hydrogen-bond donors (Lipinski definition) is 3. The van der Waals surface area contributed by atoms with Crippen LogP contribution in [0.25, 0.3) is 0 Å². The third-order valence-electron chi connectivity index (χ3n) is 5.57. The molecule has 0 aliphatic carbocycles. The molecule has 0 aromatic carbocycles. The first-order valence-corrected chi connectivity index (χ1v) is 13.4. The van der Waals surface area contributed by atoms with E-state index in [9.17, 15) is 14.4 Å². The number of carboxylic acid groups (broad SMARTS) is 3. The van der Waals surface area contributed by atoms with E-state index in [1.807, 2.05) is 6.92 Å². The minimum Gasteiger partial charge on any atom is -0.481 e. The molecule has 0 atom stereocenters. The number of rotatable bonds is 23. The molecule has 0 fully saturated rings. The van der Waals surface area contributed by atoms with E-state index in [4.69, 9.17) is 15.3 Å². The monoisotopic (exact) mass is 482 g/mol. The van der Waals surface area contributed by atoms with Gasteiger partial charge in [-0.1, -0.05) is 121 Å². The number of unbranched alkanes of at least 4 members (excludes halogenated alkanes) is 17. The average Bonchev–Trinajstić information content (AvgIpc) is 2.77. The van der Waals surface area contributed by atoms with Crippen LogP contribution in [-0.4, -0.2) is 33.2 Å².